The lowest BCUT2D eigenvalue weighted by Gasteiger charge is -2.08. The van der Waals surface area contributed by atoms with Gasteiger partial charge in [0.1, 0.15) is 17.3 Å². The van der Waals surface area contributed by atoms with Gasteiger partial charge in [-0.2, -0.15) is 0 Å². The Morgan fingerprint density at radius 1 is 1.04 bits per heavy atom. The Bertz CT molecular complexity index is 1040. The summed E-state index contributed by atoms with van der Waals surface area (Å²) in [5.41, 5.74) is 2.67. The van der Waals surface area contributed by atoms with E-state index in [-0.39, 0.29) is 13.2 Å². The zero-order chi connectivity index (χ0) is 17.2. The molecule has 0 aliphatic carbocycles. The lowest BCUT2D eigenvalue weighted by Crippen LogP contribution is -2.10. The second kappa shape index (κ2) is 6.58. The smallest absolute Gasteiger partial charge is 0.338 e. The molecule has 0 saturated heterocycles. The van der Waals surface area contributed by atoms with Crippen molar-refractivity contribution in [3.8, 4) is 10.7 Å². The Kier molecular flexibility index (Phi) is 4.13. The predicted molar refractivity (Wildman–Crippen MR) is 97.7 cm³/mol. The van der Waals surface area contributed by atoms with Crippen molar-refractivity contribution in [2.75, 3.05) is 13.2 Å². The average molecular weight is 350 g/mol. The molecule has 0 atom stereocenters. The number of thiazole rings is 1. The van der Waals surface area contributed by atoms with E-state index in [2.05, 4.69) is 9.97 Å². The van der Waals surface area contributed by atoms with Gasteiger partial charge in [-0.3, -0.25) is 0 Å². The standard InChI is InChI=1S/C19H14N2O3S/c22-9-10-24-19(23)13-11-16(20-14-6-2-1-5-12(13)14)18-21-15-7-3-4-8-17(15)25-18/h1-8,11,22H,9-10H2. The molecule has 0 unspecified atom stereocenters. The zero-order valence-corrected chi connectivity index (χ0v) is 14.0. The first-order valence-corrected chi connectivity index (χ1v) is 8.61. The van der Waals surface area contributed by atoms with Gasteiger partial charge in [-0.25, -0.2) is 14.8 Å². The normalized spacial score (nSPS) is 11.1. The third-order valence-corrected chi connectivity index (χ3v) is 4.83. The van der Waals surface area contributed by atoms with Crippen molar-refractivity contribution in [1.29, 1.82) is 0 Å². The number of para-hydroxylation sites is 2. The minimum absolute atomic E-state index is 0.0358. The van der Waals surface area contributed by atoms with Crippen LogP contribution in [0.3, 0.4) is 0 Å². The third kappa shape index (κ3) is 2.97. The highest BCUT2D eigenvalue weighted by atomic mass is 32.1. The maximum absolute atomic E-state index is 12.4. The molecule has 4 aromatic rings. The Labute approximate surface area is 147 Å². The maximum Gasteiger partial charge on any atom is 0.338 e. The minimum Gasteiger partial charge on any atom is -0.460 e. The Balaban J connectivity index is 1.88. The van der Waals surface area contributed by atoms with Gasteiger partial charge >= 0.3 is 5.97 Å². The maximum atomic E-state index is 12.4. The Morgan fingerprint density at radius 2 is 1.80 bits per heavy atom. The van der Waals surface area contributed by atoms with Gasteiger partial charge in [0.15, 0.2) is 0 Å². The van der Waals surface area contributed by atoms with Crippen LogP contribution < -0.4 is 0 Å². The number of aliphatic hydroxyl groups is 1. The van der Waals surface area contributed by atoms with Crippen LogP contribution in [0.5, 0.6) is 0 Å². The van der Waals surface area contributed by atoms with Gasteiger partial charge in [0.05, 0.1) is 27.9 Å². The monoisotopic (exact) mass is 350 g/mol. The van der Waals surface area contributed by atoms with Crippen LogP contribution in [-0.2, 0) is 4.74 Å². The highest BCUT2D eigenvalue weighted by Crippen LogP contribution is 2.31. The van der Waals surface area contributed by atoms with E-state index in [0.29, 0.717) is 16.8 Å². The molecule has 5 nitrogen and oxygen atoms in total. The predicted octanol–water partition coefficient (Wildman–Crippen LogP) is 3.66. The fourth-order valence-corrected chi connectivity index (χ4v) is 3.58. The van der Waals surface area contributed by atoms with Crippen LogP contribution in [0.25, 0.3) is 31.8 Å². The molecule has 2 aromatic heterocycles. The molecule has 0 aliphatic rings. The molecule has 0 amide bonds. The Morgan fingerprint density at radius 3 is 2.60 bits per heavy atom. The van der Waals surface area contributed by atoms with E-state index in [4.69, 9.17) is 9.84 Å². The van der Waals surface area contributed by atoms with Crippen LogP contribution in [0.15, 0.2) is 54.6 Å². The second-order valence-electron chi connectivity index (χ2n) is 5.42. The molecule has 0 bridgehead atoms. The SMILES string of the molecule is O=C(OCCO)c1cc(-c2nc3ccccc3s2)nc2ccccc12. The largest absolute Gasteiger partial charge is 0.460 e. The lowest BCUT2D eigenvalue weighted by molar-refractivity contribution is 0.0436. The molecule has 0 saturated carbocycles. The van der Waals surface area contributed by atoms with E-state index in [1.807, 2.05) is 48.5 Å². The van der Waals surface area contributed by atoms with Crippen molar-refractivity contribution < 1.29 is 14.6 Å². The number of hydrogen-bond acceptors (Lipinski definition) is 6. The van der Waals surface area contributed by atoms with Crippen molar-refractivity contribution in [3.05, 3.63) is 60.2 Å². The van der Waals surface area contributed by atoms with Gasteiger partial charge in [-0.1, -0.05) is 30.3 Å². The summed E-state index contributed by atoms with van der Waals surface area (Å²) in [6.45, 7) is -0.245. The number of hydrogen-bond donors (Lipinski definition) is 1. The molecule has 6 heteroatoms. The number of fused-ring (bicyclic) bond motifs is 2. The number of benzene rings is 2. The van der Waals surface area contributed by atoms with Gasteiger partial charge < -0.3 is 9.84 Å². The first-order valence-electron chi connectivity index (χ1n) is 7.80. The molecular weight excluding hydrogens is 336 g/mol. The fraction of sp³-hybridized carbons (Fsp3) is 0.105. The average Bonchev–Trinajstić information content (AvgIpc) is 3.09. The Hall–Kier alpha value is -2.83. The van der Waals surface area contributed by atoms with E-state index in [9.17, 15) is 4.79 Å². The number of ether oxygens (including phenoxy) is 1. The van der Waals surface area contributed by atoms with E-state index in [1.165, 1.54) is 11.3 Å². The van der Waals surface area contributed by atoms with E-state index >= 15 is 0 Å². The van der Waals surface area contributed by atoms with Crippen LogP contribution in [0, 0.1) is 0 Å². The zero-order valence-electron chi connectivity index (χ0n) is 13.2. The summed E-state index contributed by atoms with van der Waals surface area (Å²) in [5, 5.41) is 10.4. The third-order valence-electron chi connectivity index (χ3n) is 3.77. The first kappa shape index (κ1) is 15.7. The van der Waals surface area contributed by atoms with Crippen molar-refractivity contribution >= 4 is 38.4 Å². The molecule has 0 radical (unpaired) electrons. The van der Waals surface area contributed by atoms with Crippen LogP contribution in [0.1, 0.15) is 10.4 Å². The molecular formula is C19H14N2O3S. The van der Waals surface area contributed by atoms with Crippen LogP contribution in [0.4, 0.5) is 0 Å². The molecule has 25 heavy (non-hydrogen) atoms. The quantitative estimate of drug-likeness (QED) is 0.569. The molecule has 2 heterocycles. The molecule has 0 fully saturated rings. The van der Waals surface area contributed by atoms with E-state index in [1.54, 1.807) is 6.07 Å². The van der Waals surface area contributed by atoms with Gasteiger partial charge in [-0.05, 0) is 24.3 Å². The van der Waals surface area contributed by atoms with E-state index in [0.717, 1.165) is 20.6 Å². The van der Waals surface area contributed by atoms with Crippen molar-refractivity contribution in [1.82, 2.24) is 9.97 Å². The van der Waals surface area contributed by atoms with Crippen LogP contribution in [-0.4, -0.2) is 34.3 Å². The highest BCUT2D eigenvalue weighted by molar-refractivity contribution is 7.21. The summed E-state index contributed by atoms with van der Waals surface area (Å²) in [7, 11) is 0. The summed E-state index contributed by atoms with van der Waals surface area (Å²) >= 11 is 1.53. The minimum atomic E-state index is -0.477. The number of pyridine rings is 1. The van der Waals surface area contributed by atoms with Gasteiger partial charge in [0.25, 0.3) is 0 Å². The number of aliphatic hydroxyl groups excluding tert-OH is 1. The topological polar surface area (TPSA) is 72.3 Å². The number of nitrogens with zero attached hydrogens (tertiary/aromatic N) is 2. The lowest BCUT2D eigenvalue weighted by atomic mass is 10.1. The van der Waals surface area contributed by atoms with Crippen molar-refractivity contribution in [2.45, 2.75) is 0 Å². The number of esters is 1. The summed E-state index contributed by atoms with van der Waals surface area (Å²) in [5.74, 6) is -0.477. The summed E-state index contributed by atoms with van der Waals surface area (Å²) in [6, 6.07) is 17.0. The van der Waals surface area contributed by atoms with Gasteiger partial charge in [-0.15, -0.1) is 11.3 Å². The summed E-state index contributed by atoms with van der Waals surface area (Å²) in [4.78, 5) is 21.7. The molecule has 4 rings (SSSR count). The number of carbonyl (C=O) groups is 1. The van der Waals surface area contributed by atoms with Crippen LogP contribution in [0.2, 0.25) is 0 Å². The number of carbonyl (C=O) groups excluding carboxylic acids is 1. The van der Waals surface area contributed by atoms with E-state index < -0.39 is 5.97 Å². The number of rotatable bonds is 4. The molecule has 0 aliphatic heterocycles. The van der Waals surface area contributed by atoms with Crippen LogP contribution >= 0.6 is 11.3 Å². The highest BCUT2D eigenvalue weighted by Gasteiger charge is 2.16. The fourth-order valence-electron chi connectivity index (χ4n) is 2.65. The second-order valence-corrected chi connectivity index (χ2v) is 6.45. The first-order chi connectivity index (χ1) is 12.3. The molecule has 0 spiro atoms. The molecule has 124 valence electrons. The van der Waals surface area contributed by atoms with Gasteiger partial charge in [0, 0.05) is 5.39 Å². The van der Waals surface area contributed by atoms with Crippen molar-refractivity contribution in [2.24, 2.45) is 0 Å². The summed E-state index contributed by atoms with van der Waals surface area (Å²) < 4.78 is 6.17. The number of aromatic nitrogens is 2. The van der Waals surface area contributed by atoms with Crippen molar-refractivity contribution in [3.63, 3.8) is 0 Å². The molecule has 1 N–H and O–H groups in total. The summed E-state index contributed by atoms with van der Waals surface area (Å²) in [6.07, 6.45) is 0. The molecule has 2 aromatic carbocycles. The van der Waals surface area contributed by atoms with Gasteiger partial charge in [0.2, 0.25) is 0 Å².